The number of aliphatic hydroxyl groups is 2. The molecule has 1 heterocycles. The van der Waals surface area contributed by atoms with E-state index in [-0.39, 0.29) is 39.4 Å². The maximum atomic E-state index is 12.4. The largest absolute Gasteiger partial charge is 0.550 e. The van der Waals surface area contributed by atoms with Crippen molar-refractivity contribution in [2.75, 3.05) is 207 Å². The fourth-order valence-electron chi connectivity index (χ4n) is 8.69. The van der Waals surface area contributed by atoms with Crippen molar-refractivity contribution in [3.05, 3.63) is 87.4 Å². The molecular weight excluding hydrogens is 1920 g/mol. The molecule has 134 heavy (non-hydrogen) atoms. The van der Waals surface area contributed by atoms with Gasteiger partial charge in [-0.15, -0.1) is 13.2 Å². The number of carboxylic acids is 2. The predicted molar refractivity (Wildman–Crippen MR) is 577 cm³/mol. The van der Waals surface area contributed by atoms with Gasteiger partial charge in [0.15, 0.2) is 91.5 Å². The lowest BCUT2D eigenvalue weighted by Crippen LogP contribution is -3.05. The summed E-state index contributed by atoms with van der Waals surface area (Å²) in [5, 5.41) is 75.1. The molecule has 50 heteroatoms. The minimum atomic E-state index is -1.76. The van der Waals surface area contributed by atoms with Gasteiger partial charge in [0.25, 0.3) is 0 Å². The number of quaternary nitrogens is 3. The van der Waals surface area contributed by atoms with Gasteiger partial charge < -0.3 is 139 Å². The Bertz CT molecular complexity index is 2940. The quantitative estimate of drug-likeness (QED) is 0.0154. The Balaban J connectivity index is -0.000000110. The van der Waals surface area contributed by atoms with Crippen molar-refractivity contribution in [1.82, 2.24) is 28.4 Å². The van der Waals surface area contributed by atoms with Crippen molar-refractivity contribution in [2.45, 2.75) is 284 Å². The normalized spacial score (nSPS) is 11.5. The van der Waals surface area contributed by atoms with E-state index >= 15 is 0 Å². The van der Waals surface area contributed by atoms with Crippen molar-refractivity contribution >= 4 is 110 Å². The van der Waals surface area contributed by atoms with Gasteiger partial charge in [-0.3, -0.25) is 4.90 Å². The number of aromatic nitrogens is 3. The molecule has 0 aliphatic rings. The first-order valence-electron chi connectivity index (χ1n) is 45.6. The molecule has 0 aliphatic carbocycles. The first-order chi connectivity index (χ1) is 60.5. The van der Waals surface area contributed by atoms with E-state index in [1.54, 1.807) is 49.8 Å². The summed E-state index contributed by atoms with van der Waals surface area (Å²) in [6.07, 6.45) is 9.16. The second kappa shape index (κ2) is 89.3. The first-order valence-corrected chi connectivity index (χ1v) is 81.1. The molecule has 0 radical (unpaired) electrons. The molecular formula is C84H206N11O28Si11-. The summed E-state index contributed by atoms with van der Waals surface area (Å²) in [5.41, 5.74) is -1.84. The average Bonchev–Trinajstić information content (AvgIpc) is 0.784. The van der Waals surface area contributed by atoms with Crippen molar-refractivity contribution in [3.8, 4) is 0 Å². The number of amides is 1. The van der Waals surface area contributed by atoms with Gasteiger partial charge in [-0.25, -0.2) is 32.9 Å². The molecule has 1 rings (SSSR count). The highest BCUT2D eigenvalue weighted by atomic mass is 28.4. The van der Waals surface area contributed by atoms with E-state index in [0.717, 1.165) is 56.6 Å². The summed E-state index contributed by atoms with van der Waals surface area (Å²) in [6, 6.07) is 7.86. The number of carboxylic acid groups (broad SMARTS) is 3. The third-order valence-electron chi connectivity index (χ3n) is 19.1. The number of aliphatic hydroxyl groups excluding tert-OH is 2. The fraction of sp³-hybridized carbons (Fsp3) is 0.881. The highest BCUT2D eigenvalue weighted by Gasteiger charge is 2.27. The molecule has 0 saturated carbocycles. The molecule has 0 unspecified atom stereocenters. The second-order valence-corrected chi connectivity index (χ2v) is 90.0. The number of hydrogen-bond acceptors (Lipinski definition) is 29. The summed E-state index contributed by atoms with van der Waals surface area (Å²) in [6.45, 7) is 72.3. The van der Waals surface area contributed by atoms with E-state index < -0.39 is 143 Å². The van der Waals surface area contributed by atoms with Crippen LogP contribution >= 0.6 is 0 Å². The predicted octanol–water partition coefficient (Wildman–Crippen LogP) is 8.31. The second-order valence-electron chi connectivity index (χ2n) is 40.5. The van der Waals surface area contributed by atoms with Gasteiger partial charge in [0.2, 0.25) is 0 Å². The number of nitrogens with zero attached hydrogens (tertiary/aromatic N) is 8. The topological polar surface area (TPSA) is 481 Å². The monoisotopic (exact) mass is 2130 g/mol. The van der Waals surface area contributed by atoms with Gasteiger partial charge in [-0.05, 0) is 292 Å². The smallest absolute Gasteiger partial charge is 0.407 e. The lowest BCUT2D eigenvalue weighted by molar-refractivity contribution is -0.858. The number of nitrogens with one attached hydrogen (secondary N) is 3. The SMILES string of the molecule is C=CCn1c(=O)n(CC=C)c(=O)n(CCC[Si](C)(C)OC)c1=O.CC(=O)[O-].CO[Si](C)(C)C.CO[Si](C)(C)C.CO[Si](C)(C)C.CO[Si](C)(C)C.CO[Si](C)(C)CCCN(C)C.CO[Si](C)(C)CCCN(CC(=O)[O-])C(=O)O.CO[Si](C)(C)CCCN(CCO)CCO.CO[Si](C)(C)CCC[NH+](C)C.CO[Si](C)(C)CCC[NH+](C)C.CO[Si](C)(C)CCC[NH+](C)C.O=[N+]([O-])[O-].O=[N+]([O-])[O-]. The molecule has 0 atom stereocenters. The molecule has 1 aromatic heterocycles. The summed E-state index contributed by atoms with van der Waals surface area (Å²) < 4.78 is 61.5. The Labute approximate surface area is 824 Å². The first kappa shape index (κ1) is 158. The zero-order valence-corrected chi connectivity index (χ0v) is 104. The van der Waals surface area contributed by atoms with Gasteiger partial charge in [0, 0.05) is 110 Å². The molecule has 1 amide bonds. The van der Waals surface area contributed by atoms with Gasteiger partial charge in [-0.1, -0.05) is 12.2 Å². The molecule has 0 saturated heterocycles. The Morgan fingerprint density at radius 2 is 0.567 bits per heavy atom. The highest BCUT2D eigenvalue weighted by Crippen LogP contribution is 2.18. The maximum absolute atomic E-state index is 12.4. The lowest BCUT2D eigenvalue weighted by Gasteiger charge is -2.23. The minimum Gasteiger partial charge on any atom is -0.550 e. The average molecular weight is 2130 g/mol. The van der Waals surface area contributed by atoms with Gasteiger partial charge in [0.1, 0.15) is 0 Å². The van der Waals surface area contributed by atoms with Crippen LogP contribution in [0.25, 0.3) is 0 Å². The molecule has 0 aliphatic heterocycles. The van der Waals surface area contributed by atoms with E-state index in [4.69, 9.17) is 105 Å². The summed E-state index contributed by atoms with van der Waals surface area (Å²) >= 11 is 0. The molecule has 6 N–H and O–H groups in total. The Kier molecular flexibility index (Phi) is 105. The molecule has 0 fully saturated rings. The van der Waals surface area contributed by atoms with Gasteiger partial charge >= 0.3 is 23.2 Å². The van der Waals surface area contributed by atoms with Crippen LogP contribution in [0.5, 0.6) is 0 Å². The number of hydrogen-bond donors (Lipinski definition) is 6. The van der Waals surface area contributed by atoms with Crippen LogP contribution in [0.4, 0.5) is 4.79 Å². The lowest BCUT2D eigenvalue weighted by atomic mass is 10.4. The van der Waals surface area contributed by atoms with Crippen LogP contribution in [-0.2, 0) is 77.9 Å². The van der Waals surface area contributed by atoms with Crippen LogP contribution in [0.15, 0.2) is 39.7 Å². The number of allylic oxidation sites excluding steroid dienone is 2. The third kappa shape index (κ3) is 139. The van der Waals surface area contributed by atoms with Gasteiger partial charge in [-0.2, -0.15) is 0 Å². The number of aliphatic carboxylic acids is 2. The Morgan fingerprint density at radius 3 is 0.739 bits per heavy atom. The molecule has 1 aromatic rings. The van der Waals surface area contributed by atoms with Crippen molar-refractivity contribution < 1.29 is 113 Å². The fourth-order valence-corrected chi connectivity index (χ4v) is 17.2. The highest BCUT2D eigenvalue weighted by molar-refractivity contribution is 6.74. The molecule has 0 bridgehead atoms. The Morgan fingerprint density at radius 1 is 0.373 bits per heavy atom. The van der Waals surface area contributed by atoms with Crippen LogP contribution in [0.2, 0.25) is 213 Å². The van der Waals surface area contributed by atoms with Crippen LogP contribution in [0, 0.1) is 30.6 Å². The molecule has 0 aromatic carbocycles. The summed E-state index contributed by atoms with van der Waals surface area (Å²) in [5.74, 6) is -2.47. The number of carbonyl (C=O) groups excluding carboxylic acids is 2. The third-order valence-corrected chi connectivity index (χ3v) is 42.7. The van der Waals surface area contributed by atoms with E-state index in [9.17, 15) is 29.1 Å². The zero-order chi connectivity index (χ0) is 109. The van der Waals surface area contributed by atoms with Crippen LogP contribution in [-0.4, -0.2) is 370 Å². The molecule has 0 spiro atoms. The van der Waals surface area contributed by atoms with E-state index in [0.29, 0.717) is 25.9 Å². The van der Waals surface area contributed by atoms with E-state index in [1.807, 2.05) is 41.5 Å². The molecule has 39 nitrogen and oxygen atoms in total. The van der Waals surface area contributed by atoms with Crippen LogP contribution in [0.1, 0.15) is 51.9 Å². The Hall–Kier alpha value is -3.83. The van der Waals surface area contributed by atoms with Crippen LogP contribution < -0.4 is 42.0 Å². The number of carbonyl (C=O) groups is 3. The number of rotatable bonds is 49. The van der Waals surface area contributed by atoms with Crippen molar-refractivity contribution in [3.63, 3.8) is 0 Å². The summed E-state index contributed by atoms with van der Waals surface area (Å²) in [4.78, 5) is 93.1. The van der Waals surface area contributed by atoms with E-state index in [1.165, 1.54) is 103 Å². The zero-order valence-electron chi connectivity index (χ0n) is 93.5. The van der Waals surface area contributed by atoms with Crippen LogP contribution in [0.3, 0.4) is 0 Å². The molecule has 810 valence electrons. The van der Waals surface area contributed by atoms with Gasteiger partial charge in [0.05, 0.1) is 111 Å². The maximum Gasteiger partial charge on any atom is 0.407 e. The van der Waals surface area contributed by atoms with E-state index in [2.05, 4.69) is 236 Å². The van der Waals surface area contributed by atoms with Crippen molar-refractivity contribution in [1.29, 1.82) is 0 Å². The minimum absolute atomic E-state index is 0.0629. The standard InChI is InChI=1S/C15H25N3O4Si.C10H25NO3Si.C9H19NO5Si.4C8H21NOSi.4C4H12OSi.C2H4O2.2NO3/c1-6-9-16-13(19)17(10-7-2)15(21)18(14(16)20)11-8-12-23(4,5)22-3;1-14-15(2,3)10-4-5-11(6-8-12)7-9-13;1-15-16(2,3)6-4-5-10(9(13)14)7-8(11)12;4*1-9(2)7-6-8-11(4,5)10-3;4*1-5-6(2,3)4;1-2(3)4;2*2-1(3)4/h6-7H,1-2,8-12H2,3-5H3;12-13H,4-10H2,1-3H3;4-7H2,1-3H3,(H,11,12)(H,13,14);4*6-8H2,1-5H3;4*1-4H3;1H3,(H,3,4);;/q;;;;;;;;;;;;2*-1/p+1. The summed E-state index contributed by atoms with van der Waals surface area (Å²) in [7, 11) is 22.5. The van der Waals surface area contributed by atoms with Crippen molar-refractivity contribution in [2.24, 2.45) is 0 Å².